The Kier molecular flexibility index (Phi) is 3.90. The molecule has 0 spiro atoms. The van der Waals surface area contributed by atoms with Crippen LogP contribution in [-0.4, -0.2) is 6.26 Å². The first-order chi connectivity index (χ1) is 5.15. The number of benzene rings is 1. The zero-order valence-electron chi connectivity index (χ0n) is 5.70. The molecule has 0 amide bonds. The van der Waals surface area contributed by atoms with Gasteiger partial charge in [0.15, 0.2) is 0 Å². The monoisotopic (exact) mass is 394 g/mol. The summed E-state index contributed by atoms with van der Waals surface area (Å²) in [5.74, 6) is -0.117. The van der Waals surface area contributed by atoms with Crippen molar-refractivity contribution in [1.82, 2.24) is 0 Å². The summed E-state index contributed by atoms with van der Waals surface area (Å²) in [6.07, 6.45) is 1.88. The molecule has 0 aliphatic rings. The summed E-state index contributed by atoms with van der Waals surface area (Å²) in [5, 5.41) is 0. The molecule has 0 saturated heterocycles. The summed E-state index contributed by atoms with van der Waals surface area (Å²) in [6, 6.07) is 3.52. The average Bonchev–Trinajstić information content (AvgIpc) is 1.85. The highest BCUT2D eigenvalue weighted by Gasteiger charge is 2.05. The van der Waals surface area contributed by atoms with Crippen molar-refractivity contribution < 1.29 is 4.39 Å². The van der Waals surface area contributed by atoms with E-state index in [1.54, 1.807) is 6.07 Å². The Morgan fingerprint density at radius 3 is 2.45 bits per heavy atom. The Morgan fingerprint density at radius 2 is 2.00 bits per heavy atom. The van der Waals surface area contributed by atoms with E-state index in [0.717, 1.165) is 12.0 Å². The van der Waals surface area contributed by atoms with E-state index in [2.05, 4.69) is 45.2 Å². The lowest BCUT2D eigenvalue weighted by Crippen LogP contribution is -1.86. The molecule has 0 atom stereocenters. The van der Waals surface area contributed by atoms with Crippen LogP contribution in [-0.2, 0) is 0 Å². The summed E-state index contributed by atoms with van der Waals surface area (Å²) in [6.45, 7) is 0. The lowest BCUT2D eigenvalue weighted by Gasteiger charge is -2.02. The van der Waals surface area contributed by atoms with Gasteiger partial charge in [0, 0.05) is 7.14 Å². The van der Waals surface area contributed by atoms with E-state index < -0.39 is 0 Å². The Morgan fingerprint density at radius 1 is 1.36 bits per heavy atom. The van der Waals surface area contributed by atoms with E-state index in [9.17, 15) is 4.39 Å². The Bertz CT molecular complexity index is 252. The van der Waals surface area contributed by atoms with Gasteiger partial charge in [-0.05, 0) is 63.6 Å². The highest BCUT2D eigenvalue weighted by Crippen LogP contribution is 2.27. The molecule has 1 aromatic rings. The third-order valence-corrected chi connectivity index (χ3v) is 3.83. The van der Waals surface area contributed by atoms with Gasteiger partial charge in [-0.25, -0.2) is 4.39 Å². The second kappa shape index (κ2) is 4.27. The normalized spacial score (nSPS) is 10.2. The fraction of sp³-hybridized carbons (Fsp3) is 0.143. The third-order valence-electron chi connectivity index (χ3n) is 1.17. The van der Waals surface area contributed by atoms with E-state index in [0.29, 0.717) is 0 Å². The number of rotatable bonds is 1. The molecule has 0 aliphatic carbocycles. The van der Waals surface area contributed by atoms with Crippen LogP contribution in [0.1, 0.15) is 0 Å². The van der Waals surface area contributed by atoms with E-state index in [1.807, 2.05) is 12.3 Å². The first-order valence-corrected chi connectivity index (χ1v) is 6.22. The third kappa shape index (κ3) is 2.45. The minimum absolute atomic E-state index is 0.117. The summed E-state index contributed by atoms with van der Waals surface area (Å²) in [5.41, 5.74) is 0. The lowest BCUT2D eigenvalue weighted by molar-refractivity contribution is 0.599. The molecule has 11 heavy (non-hydrogen) atoms. The molecular formula is C7H5FI2S. The SMILES string of the molecule is CSc1c(F)cc(I)cc1I. The Hall–Kier alpha value is 0.960. The van der Waals surface area contributed by atoms with Gasteiger partial charge in [0.1, 0.15) is 5.82 Å². The molecule has 0 radical (unpaired) electrons. The molecule has 0 aliphatic heterocycles. The van der Waals surface area contributed by atoms with E-state index >= 15 is 0 Å². The molecule has 0 saturated carbocycles. The van der Waals surface area contributed by atoms with Gasteiger partial charge in [0.25, 0.3) is 0 Å². The minimum Gasteiger partial charge on any atom is -0.206 e. The fourth-order valence-electron chi connectivity index (χ4n) is 0.724. The number of thioether (sulfide) groups is 1. The van der Waals surface area contributed by atoms with Gasteiger partial charge in [-0.1, -0.05) is 0 Å². The van der Waals surface area contributed by atoms with Gasteiger partial charge in [-0.2, -0.15) is 0 Å². The zero-order chi connectivity index (χ0) is 8.43. The van der Waals surface area contributed by atoms with Crippen LogP contribution >= 0.6 is 56.9 Å². The molecule has 0 aromatic heterocycles. The largest absolute Gasteiger partial charge is 0.206 e. The predicted molar refractivity (Wildman–Crippen MR) is 63.6 cm³/mol. The van der Waals surface area contributed by atoms with Crippen LogP contribution < -0.4 is 0 Å². The quantitative estimate of drug-likeness (QED) is 0.517. The van der Waals surface area contributed by atoms with Crippen molar-refractivity contribution >= 4 is 56.9 Å². The molecule has 0 bridgehead atoms. The molecule has 0 unspecified atom stereocenters. The molecule has 0 nitrogen and oxygen atoms in total. The van der Waals surface area contributed by atoms with Crippen LogP contribution in [0, 0.1) is 13.0 Å². The van der Waals surface area contributed by atoms with Crippen LogP contribution in [0.2, 0.25) is 0 Å². The van der Waals surface area contributed by atoms with Gasteiger partial charge >= 0.3 is 0 Å². The van der Waals surface area contributed by atoms with Gasteiger partial charge in [-0.3, -0.25) is 0 Å². The molecule has 1 rings (SSSR count). The second-order valence-electron chi connectivity index (χ2n) is 1.90. The molecule has 0 heterocycles. The predicted octanol–water partition coefficient (Wildman–Crippen LogP) is 3.76. The van der Waals surface area contributed by atoms with Crippen molar-refractivity contribution in [2.45, 2.75) is 4.90 Å². The van der Waals surface area contributed by atoms with Crippen molar-refractivity contribution in [3.63, 3.8) is 0 Å². The van der Waals surface area contributed by atoms with Gasteiger partial charge in [0.05, 0.1) is 4.90 Å². The second-order valence-corrected chi connectivity index (χ2v) is 5.13. The van der Waals surface area contributed by atoms with Crippen LogP contribution in [0.15, 0.2) is 17.0 Å². The Labute approximate surface area is 96.6 Å². The number of halogens is 3. The average molecular weight is 394 g/mol. The lowest BCUT2D eigenvalue weighted by atomic mass is 10.3. The van der Waals surface area contributed by atoms with Gasteiger partial charge in [0.2, 0.25) is 0 Å². The molecular weight excluding hydrogens is 389 g/mol. The number of hydrogen-bond donors (Lipinski definition) is 0. The molecule has 4 heteroatoms. The molecule has 60 valence electrons. The van der Waals surface area contributed by atoms with Crippen LogP contribution in [0.25, 0.3) is 0 Å². The Balaban J connectivity index is 3.25. The van der Waals surface area contributed by atoms with E-state index in [4.69, 9.17) is 0 Å². The van der Waals surface area contributed by atoms with Gasteiger partial charge < -0.3 is 0 Å². The summed E-state index contributed by atoms with van der Waals surface area (Å²) in [4.78, 5) is 0.742. The van der Waals surface area contributed by atoms with Crippen LogP contribution in [0.3, 0.4) is 0 Å². The molecule has 0 N–H and O–H groups in total. The first-order valence-electron chi connectivity index (χ1n) is 2.83. The van der Waals surface area contributed by atoms with Crippen LogP contribution in [0.5, 0.6) is 0 Å². The standard InChI is InChI=1S/C7H5FI2S/c1-11-7-5(8)2-4(9)3-6(7)10/h2-3H,1H3. The van der Waals surface area contributed by atoms with Crippen molar-refractivity contribution in [3.05, 3.63) is 25.1 Å². The summed E-state index contributed by atoms with van der Waals surface area (Å²) >= 11 is 5.70. The maximum atomic E-state index is 13.1. The van der Waals surface area contributed by atoms with E-state index in [1.165, 1.54) is 11.8 Å². The minimum atomic E-state index is -0.117. The fourth-order valence-corrected chi connectivity index (χ4v) is 3.67. The highest BCUT2D eigenvalue weighted by molar-refractivity contribution is 14.1. The highest BCUT2D eigenvalue weighted by atomic mass is 127. The zero-order valence-corrected chi connectivity index (χ0v) is 10.8. The van der Waals surface area contributed by atoms with E-state index in [-0.39, 0.29) is 5.82 Å². The summed E-state index contributed by atoms with van der Waals surface area (Å²) < 4.78 is 15.0. The van der Waals surface area contributed by atoms with Crippen molar-refractivity contribution in [2.24, 2.45) is 0 Å². The first kappa shape index (κ1) is 10.0. The smallest absolute Gasteiger partial charge is 0.138 e. The molecule has 0 fully saturated rings. The maximum Gasteiger partial charge on any atom is 0.138 e. The number of hydrogen-bond acceptors (Lipinski definition) is 1. The van der Waals surface area contributed by atoms with Crippen molar-refractivity contribution in [1.29, 1.82) is 0 Å². The topological polar surface area (TPSA) is 0 Å². The van der Waals surface area contributed by atoms with Crippen molar-refractivity contribution in [2.75, 3.05) is 6.26 Å². The van der Waals surface area contributed by atoms with Crippen molar-refractivity contribution in [3.8, 4) is 0 Å². The maximum absolute atomic E-state index is 13.1. The summed E-state index contributed by atoms with van der Waals surface area (Å²) in [7, 11) is 0. The van der Waals surface area contributed by atoms with Crippen LogP contribution in [0.4, 0.5) is 4.39 Å². The van der Waals surface area contributed by atoms with Gasteiger partial charge in [-0.15, -0.1) is 11.8 Å². The molecule has 1 aromatic carbocycles.